The van der Waals surface area contributed by atoms with Crippen molar-refractivity contribution in [3.05, 3.63) is 45.7 Å². The average Bonchev–Trinajstić information content (AvgIpc) is 3.52. The highest BCUT2D eigenvalue weighted by molar-refractivity contribution is 7.93. The van der Waals surface area contributed by atoms with Crippen LogP contribution in [-0.4, -0.2) is 38.9 Å². The van der Waals surface area contributed by atoms with Crippen LogP contribution in [0.3, 0.4) is 0 Å². The predicted octanol–water partition coefficient (Wildman–Crippen LogP) is 3.04. The molecular weight excluding hydrogens is 452 g/mol. The summed E-state index contributed by atoms with van der Waals surface area (Å²) in [7, 11) is -0.607. The van der Waals surface area contributed by atoms with E-state index in [4.69, 9.17) is 15.2 Å². The number of esters is 1. The van der Waals surface area contributed by atoms with Crippen molar-refractivity contribution >= 4 is 38.0 Å². The number of carbonyl (C=O) groups excluding carboxylic acids is 1. The van der Waals surface area contributed by atoms with E-state index in [2.05, 4.69) is 0 Å². The SMILES string of the molecule is COC(=O)c1cn(C2CC2)c2c(OC)c(-c3cc4c(s3)S(=O)(=O)CCC4N)ccc2c1=O. The van der Waals surface area contributed by atoms with Crippen molar-refractivity contribution in [1.82, 2.24) is 4.57 Å². The largest absolute Gasteiger partial charge is 0.494 e. The van der Waals surface area contributed by atoms with Crippen LogP contribution in [0.4, 0.5) is 0 Å². The average molecular weight is 475 g/mol. The van der Waals surface area contributed by atoms with Gasteiger partial charge in [0, 0.05) is 28.7 Å². The molecule has 0 amide bonds. The smallest absolute Gasteiger partial charge is 0.343 e. The number of aromatic nitrogens is 1. The van der Waals surface area contributed by atoms with Crippen LogP contribution >= 0.6 is 11.3 Å². The van der Waals surface area contributed by atoms with Gasteiger partial charge in [0.2, 0.25) is 5.43 Å². The second-order valence-electron chi connectivity index (χ2n) is 8.11. The van der Waals surface area contributed by atoms with E-state index in [1.807, 2.05) is 10.6 Å². The van der Waals surface area contributed by atoms with E-state index >= 15 is 0 Å². The Bertz CT molecular complexity index is 1430. The first-order valence-corrected chi connectivity index (χ1v) is 12.7. The lowest BCUT2D eigenvalue weighted by atomic mass is 10.0. The zero-order valence-electron chi connectivity index (χ0n) is 17.6. The topological polar surface area (TPSA) is 118 Å². The summed E-state index contributed by atoms with van der Waals surface area (Å²) in [5, 5.41) is 0.353. The Kier molecular flexibility index (Phi) is 4.92. The second kappa shape index (κ2) is 7.43. The number of carbonyl (C=O) groups is 1. The number of pyridine rings is 1. The van der Waals surface area contributed by atoms with Crippen molar-refractivity contribution in [2.24, 2.45) is 5.73 Å². The number of nitrogens with two attached hydrogens (primary N) is 1. The molecular formula is C22H22N2O6S2. The van der Waals surface area contributed by atoms with Crippen molar-refractivity contribution in [3.63, 3.8) is 0 Å². The fraction of sp³-hybridized carbons (Fsp3) is 0.364. The highest BCUT2D eigenvalue weighted by Crippen LogP contribution is 2.47. The molecule has 0 spiro atoms. The van der Waals surface area contributed by atoms with Crippen molar-refractivity contribution in [3.8, 4) is 16.2 Å². The molecule has 3 aromatic rings. The summed E-state index contributed by atoms with van der Waals surface area (Å²) in [6.45, 7) is 0. The molecule has 1 aliphatic heterocycles. The Morgan fingerprint density at radius 2 is 1.97 bits per heavy atom. The van der Waals surface area contributed by atoms with Gasteiger partial charge in [0.25, 0.3) is 0 Å². The summed E-state index contributed by atoms with van der Waals surface area (Å²) < 4.78 is 38.0. The standard InChI is InChI=1S/C22H22N2O6S2/c1-29-20-12(17-9-14-16(23)7-8-32(27,28)22(14)31-17)5-6-13-18(20)24(11-3-4-11)10-15(19(13)25)21(26)30-2/h5-6,9-11,16H,3-4,7-8,23H2,1-2H3. The van der Waals surface area contributed by atoms with Gasteiger partial charge in [0.1, 0.15) is 9.77 Å². The Morgan fingerprint density at radius 1 is 1.22 bits per heavy atom. The molecule has 0 radical (unpaired) electrons. The van der Waals surface area contributed by atoms with Gasteiger partial charge in [-0.05, 0) is 43.0 Å². The molecule has 3 heterocycles. The molecule has 1 saturated carbocycles. The van der Waals surface area contributed by atoms with E-state index < -0.39 is 21.2 Å². The zero-order valence-corrected chi connectivity index (χ0v) is 19.2. The number of benzene rings is 1. The molecule has 0 bridgehead atoms. The minimum absolute atomic E-state index is 0.0228. The van der Waals surface area contributed by atoms with E-state index in [1.54, 1.807) is 18.3 Å². The third-order valence-corrected chi connectivity index (χ3v) is 9.63. The van der Waals surface area contributed by atoms with Gasteiger partial charge in [0.15, 0.2) is 15.6 Å². The van der Waals surface area contributed by atoms with Gasteiger partial charge in [-0.25, -0.2) is 13.2 Å². The third-order valence-electron chi connectivity index (χ3n) is 6.07. The number of sulfone groups is 1. The molecule has 32 heavy (non-hydrogen) atoms. The highest BCUT2D eigenvalue weighted by Gasteiger charge is 2.33. The molecule has 0 saturated heterocycles. The number of ether oxygens (including phenoxy) is 2. The Morgan fingerprint density at radius 3 is 2.59 bits per heavy atom. The maximum absolute atomic E-state index is 13.1. The van der Waals surface area contributed by atoms with Gasteiger partial charge in [-0.15, -0.1) is 11.3 Å². The number of rotatable bonds is 4. The summed E-state index contributed by atoms with van der Waals surface area (Å²) in [5.41, 5.74) is 7.63. The zero-order chi connectivity index (χ0) is 22.8. The lowest BCUT2D eigenvalue weighted by Gasteiger charge is -2.17. The number of fused-ring (bicyclic) bond motifs is 2. The molecule has 1 aliphatic carbocycles. The predicted molar refractivity (Wildman–Crippen MR) is 121 cm³/mol. The maximum atomic E-state index is 13.1. The van der Waals surface area contributed by atoms with E-state index in [1.165, 1.54) is 25.6 Å². The van der Waals surface area contributed by atoms with Gasteiger partial charge in [0.05, 0.1) is 30.9 Å². The van der Waals surface area contributed by atoms with Gasteiger partial charge in [-0.2, -0.15) is 0 Å². The molecule has 2 aliphatic rings. The van der Waals surface area contributed by atoms with Crippen LogP contribution < -0.4 is 15.9 Å². The second-order valence-corrected chi connectivity index (χ2v) is 11.5. The van der Waals surface area contributed by atoms with Crippen molar-refractivity contribution in [2.45, 2.75) is 35.6 Å². The molecule has 168 valence electrons. The van der Waals surface area contributed by atoms with E-state index in [9.17, 15) is 18.0 Å². The molecule has 10 heteroatoms. The molecule has 8 nitrogen and oxygen atoms in total. The number of methoxy groups -OCH3 is 2. The molecule has 1 fully saturated rings. The van der Waals surface area contributed by atoms with Gasteiger partial charge < -0.3 is 19.8 Å². The molecule has 1 atom stereocenters. The van der Waals surface area contributed by atoms with E-state index in [0.29, 0.717) is 43.3 Å². The molecule has 5 rings (SSSR count). The number of hydrogen-bond donors (Lipinski definition) is 1. The van der Waals surface area contributed by atoms with Crippen LogP contribution in [0.1, 0.15) is 47.3 Å². The van der Waals surface area contributed by atoms with Gasteiger partial charge in [-0.3, -0.25) is 4.79 Å². The first kappa shape index (κ1) is 21.2. The number of hydrogen-bond acceptors (Lipinski definition) is 8. The van der Waals surface area contributed by atoms with Crippen LogP contribution in [0.25, 0.3) is 21.3 Å². The normalized spacial score (nSPS) is 19.5. The Balaban J connectivity index is 1.80. The summed E-state index contributed by atoms with van der Waals surface area (Å²) in [6, 6.07) is 5.02. The van der Waals surface area contributed by atoms with Crippen LogP contribution in [0.5, 0.6) is 5.75 Å². The summed E-state index contributed by atoms with van der Waals surface area (Å²) in [6.07, 6.45) is 3.77. The summed E-state index contributed by atoms with van der Waals surface area (Å²) in [4.78, 5) is 26.0. The minimum atomic E-state index is -3.37. The van der Waals surface area contributed by atoms with Gasteiger partial charge in [-0.1, -0.05) is 0 Å². The number of nitrogens with zero attached hydrogens (tertiary/aromatic N) is 1. The Hall–Kier alpha value is -2.69. The van der Waals surface area contributed by atoms with Crippen LogP contribution in [0.2, 0.25) is 0 Å². The molecule has 2 aromatic heterocycles. The van der Waals surface area contributed by atoms with Crippen LogP contribution in [0, 0.1) is 0 Å². The fourth-order valence-corrected chi connectivity index (χ4v) is 7.60. The fourth-order valence-electron chi connectivity index (χ4n) is 4.27. The summed E-state index contributed by atoms with van der Waals surface area (Å²) >= 11 is 1.17. The first-order valence-electron chi connectivity index (χ1n) is 10.2. The lowest BCUT2D eigenvalue weighted by molar-refractivity contribution is 0.0598. The highest BCUT2D eigenvalue weighted by atomic mass is 32.2. The maximum Gasteiger partial charge on any atom is 0.343 e. The molecule has 2 N–H and O–H groups in total. The number of thiophene rings is 1. The molecule has 1 unspecified atom stereocenters. The first-order chi connectivity index (χ1) is 15.3. The Labute approximate surface area is 188 Å². The van der Waals surface area contributed by atoms with Crippen LogP contribution in [0.15, 0.2) is 33.4 Å². The minimum Gasteiger partial charge on any atom is -0.494 e. The monoisotopic (exact) mass is 474 g/mol. The molecule has 1 aromatic carbocycles. The van der Waals surface area contributed by atoms with Crippen molar-refractivity contribution in [1.29, 1.82) is 0 Å². The van der Waals surface area contributed by atoms with Crippen LogP contribution in [-0.2, 0) is 14.6 Å². The van der Waals surface area contributed by atoms with E-state index in [0.717, 1.165) is 12.8 Å². The summed E-state index contributed by atoms with van der Waals surface area (Å²) in [5.74, 6) is -0.181. The quantitative estimate of drug-likeness (QED) is 0.578. The van der Waals surface area contributed by atoms with Crippen molar-refractivity contribution in [2.75, 3.05) is 20.0 Å². The van der Waals surface area contributed by atoms with Gasteiger partial charge >= 0.3 is 5.97 Å². The third kappa shape index (κ3) is 3.16. The lowest BCUT2D eigenvalue weighted by Crippen LogP contribution is -2.23. The van der Waals surface area contributed by atoms with E-state index in [-0.39, 0.29) is 23.4 Å². The van der Waals surface area contributed by atoms with Crippen molar-refractivity contribution < 1.29 is 22.7 Å².